The lowest BCUT2D eigenvalue weighted by Gasteiger charge is -2.14. The van der Waals surface area contributed by atoms with Gasteiger partial charge in [0.15, 0.2) is 11.3 Å². The summed E-state index contributed by atoms with van der Waals surface area (Å²) >= 11 is 0. The number of rotatable bonds is 13. The molecule has 10 nitrogen and oxygen atoms in total. The Morgan fingerprint density at radius 2 is 1.89 bits per heavy atom. The third-order valence-electron chi connectivity index (χ3n) is 5.83. The van der Waals surface area contributed by atoms with Gasteiger partial charge < -0.3 is 14.5 Å². The van der Waals surface area contributed by atoms with Crippen molar-refractivity contribution in [2.75, 3.05) is 26.4 Å². The minimum absolute atomic E-state index is 0.0529. The summed E-state index contributed by atoms with van der Waals surface area (Å²) in [5, 5.41) is 4.69. The van der Waals surface area contributed by atoms with Gasteiger partial charge in [-0.3, -0.25) is 4.79 Å². The number of hydrogen-bond donors (Lipinski definition) is 2. The van der Waals surface area contributed by atoms with Crippen LogP contribution in [0.2, 0.25) is 0 Å². The third kappa shape index (κ3) is 5.91. The lowest BCUT2D eigenvalue weighted by molar-refractivity contribution is 0.146. The van der Waals surface area contributed by atoms with Gasteiger partial charge in [0.2, 0.25) is 10.0 Å². The monoisotopic (exact) mass is 505 g/mol. The van der Waals surface area contributed by atoms with Crippen LogP contribution in [-0.4, -0.2) is 54.4 Å². The smallest absolute Gasteiger partial charge is 0.277 e. The van der Waals surface area contributed by atoms with Gasteiger partial charge in [-0.2, -0.15) is 0 Å². The summed E-state index contributed by atoms with van der Waals surface area (Å²) in [6.45, 7) is 11.3. The molecule has 11 heteroatoms. The van der Waals surface area contributed by atoms with E-state index in [-0.39, 0.29) is 28.7 Å². The fourth-order valence-electron chi connectivity index (χ4n) is 3.98. The molecule has 0 atom stereocenters. The van der Waals surface area contributed by atoms with Gasteiger partial charge in [-0.1, -0.05) is 13.8 Å². The number of aryl methyl sites for hydroxylation is 1. The van der Waals surface area contributed by atoms with Crippen molar-refractivity contribution < 1.29 is 17.9 Å². The average Bonchev–Trinajstić information content (AvgIpc) is 3.16. The fourth-order valence-corrected chi connectivity index (χ4v) is 5.08. The quantitative estimate of drug-likeness (QED) is 0.341. The number of sulfonamides is 1. The Balaban J connectivity index is 2.10. The Hall–Kier alpha value is -2.76. The second-order valence-corrected chi connectivity index (χ2v) is 9.94. The van der Waals surface area contributed by atoms with E-state index < -0.39 is 10.0 Å². The van der Waals surface area contributed by atoms with E-state index in [1.807, 2.05) is 13.8 Å². The van der Waals surface area contributed by atoms with Gasteiger partial charge >= 0.3 is 0 Å². The number of nitrogens with zero attached hydrogens (tertiary/aromatic N) is 3. The zero-order valence-corrected chi connectivity index (χ0v) is 21.9. The zero-order chi connectivity index (χ0) is 25.6. The first-order valence-corrected chi connectivity index (χ1v) is 13.6. The number of benzene rings is 1. The summed E-state index contributed by atoms with van der Waals surface area (Å²) in [6, 6.07) is 4.53. The molecule has 0 amide bonds. The van der Waals surface area contributed by atoms with Gasteiger partial charge in [-0.25, -0.2) is 22.6 Å². The molecule has 0 aliphatic heterocycles. The van der Waals surface area contributed by atoms with Crippen molar-refractivity contribution >= 4 is 15.5 Å². The number of ether oxygens (including phenoxy) is 2. The molecular weight excluding hydrogens is 470 g/mol. The lowest BCUT2D eigenvalue weighted by atomic mass is 10.0. The van der Waals surface area contributed by atoms with Crippen molar-refractivity contribution in [3.05, 3.63) is 40.1 Å². The summed E-state index contributed by atoms with van der Waals surface area (Å²) in [7, 11) is -3.79. The first kappa shape index (κ1) is 26.8. The van der Waals surface area contributed by atoms with Crippen LogP contribution in [0.25, 0.3) is 16.9 Å². The molecule has 0 bridgehead atoms. The highest BCUT2D eigenvalue weighted by Gasteiger charge is 2.22. The van der Waals surface area contributed by atoms with Crippen molar-refractivity contribution in [2.24, 2.45) is 0 Å². The second kappa shape index (κ2) is 11.8. The molecule has 3 aromatic rings. The molecule has 0 aliphatic carbocycles. The topological polar surface area (TPSA) is 128 Å². The van der Waals surface area contributed by atoms with E-state index in [1.165, 1.54) is 12.1 Å². The molecule has 192 valence electrons. The van der Waals surface area contributed by atoms with E-state index in [0.717, 1.165) is 12.8 Å². The lowest BCUT2D eigenvalue weighted by Crippen LogP contribution is -2.25. The van der Waals surface area contributed by atoms with Crippen molar-refractivity contribution in [2.45, 2.75) is 64.7 Å². The number of H-pyrrole nitrogens is 1. The van der Waals surface area contributed by atoms with Crippen molar-refractivity contribution in [3.8, 4) is 17.1 Å². The minimum atomic E-state index is -3.79. The molecule has 0 aliphatic rings. The highest BCUT2D eigenvalue weighted by molar-refractivity contribution is 7.89. The molecule has 3 rings (SSSR count). The number of aromatic nitrogens is 4. The average molecular weight is 506 g/mol. The predicted octanol–water partition coefficient (Wildman–Crippen LogP) is 3.40. The third-order valence-corrected chi connectivity index (χ3v) is 7.29. The van der Waals surface area contributed by atoms with E-state index >= 15 is 0 Å². The molecule has 0 saturated carbocycles. The maximum atomic E-state index is 13.0. The van der Waals surface area contributed by atoms with Crippen LogP contribution in [0.3, 0.4) is 0 Å². The highest BCUT2D eigenvalue weighted by atomic mass is 32.2. The number of hydrogen-bond acceptors (Lipinski definition) is 7. The highest BCUT2D eigenvalue weighted by Crippen LogP contribution is 2.31. The van der Waals surface area contributed by atoms with Crippen LogP contribution in [0, 0.1) is 6.92 Å². The summed E-state index contributed by atoms with van der Waals surface area (Å²) in [5.41, 5.74) is 1.02. The van der Waals surface area contributed by atoms with Gasteiger partial charge in [0, 0.05) is 25.7 Å². The van der Waals surface area contributed by atoms with Crippen LogP contribution in [0.5, 0.6) is 5.75 Å². The summed E-state index contributed by atoms with van der Waals surface area (Å²) in [4.78, 5) is 20.5. The fraction of sp³-hybridized carbons (Fsp3) is 0.542. The Morgan fingerprint density at radius 3 is 2.54 bits per heavy atom. The summed E-state index contributed by atoms with van der Waals surface area (Å²) < 4.78 is 41.0. The Bertz CT molecular complexity index is 1310. The molecule has 0 unspecified atom stereocenters. The summed E-state index contributed by atoms with van der Waals surface area (Å²) in [6.07, 6.45) is 2.26. The number of aromatic amines is 1. The molecule has 2 aromatic heterocycles. The van der Waals surface area contributed by atoms with Gasteiger partial charge in [0.25, 0.3) is 5.56 Å². The van der Waals surface area contributed by atoms with Gasteiger partial charge in [0.05, 0.1) is 22.8 Å². The molecule has 2 N–H and O–H groups in total. The normalized spacial score (nSPS) is 12.1. The SMILES string of the molecule is CCOCCCNS(=O)(=O)c1ccc(OCC)c(-c2nn3c(C(CC)CC)nc(C)c3c(=O)[nH]2)c1. The van der Waals surface area contributed by atoms with Gasteiger partial charge in [-0.15, -0.1) is 5.10 Å². The molecule has 0 saturated heterocycles. The number of fused-ring (bicyclic) bond motifs is 1. The van der Waals surface area contributed by atoms with E-state index in [9.17, 15) is 13.2 Å². The Morgan fingerprint density at radius 1 is 1.14 bits per heavy atom. The molecule has 1 aromatic carbocycles. The van der Waals surface area contributed by atoms with Crippen LogP contribution in [0.4, 0.5) is 0 Å². The standard InChI is InChI=1S/C24H35N5O5S/c1-6-17(7-2)23-26-16(5)21-24(30)27-22(28-29(21)23)19-15-18(11-12-20(19)34-9-4)35(31,32)25-13-10-14-33-8-3/h11-12,15,17,25H,6-10,13-14H2,1-5H3,(H,27,28,30). The van der Waals surface area contributed by atoms with Gasteiger partial charge in [0.1, 0.15) is 11.6 Å². The van der Waals surface area contributed by atoms with E-state index in [4.69, 9.17) is 14.6 Å². The molecule has 0 fully saturated rings. The van der Waals surface area contributed by atoms with Crippen molar-refractivity contribution in [3.63, 3.8) is 0 Å². The maximum absolute atomic E-state index is 13.0. The second-order valence-electron chi connectivity index (χ2n) is 8.17. The first-order valence-electron chi connectivity index (χ1n) is 12.1. The van der Waals surface area contributed by atoms with Crippen LogP contribution < -0.4 is 15.0 Å². The largest absolute Gasteiger partial charge is 0.493 e. The van der Waals surface area contributed by atoms with Crippen molar-refractivity contribution in [1.82, 2.24) is 24.3 Å². The van der Waals surface area contributed by atoms with Crippen LogP contribution in [0.15, 0.2) is 27.9 Å². The van der Waals surface area contributed by atoms with Crippen molar-refractivity contribution in [1.29, 1.82) is 0 Å². The van der Waals surface area contributed by atoms with Crippen LogP contribution >= 0.6 is 0 Å². The van der Waals surface area contributed by atoms with E-state index in [2.05, 4.69) is 28.5 Å². The maximum Gasteiger partial charge on any atom is 0.277 e. The summed E-state index contributed by atoms with van der Waals surface area (Å²) in [5.74, 6) is 1.49. The molecule has 0 spiro atoms. The van der Waals surface area contributed by atoms with Gasteiger partial charge in [-0.05, 0) is 58.2 Å². The van der Waals surface area contributed by atoms with E-state index in [0.29, 0.717) is 54.6 Å². The van der Waals surface area contributed by atoms with E-state index in [1.54, 1.807) is 17.5 Å². The first-order chi connectivity index (χ1) is 16.8. The number of imidazole rings is 1. The van der Waals surface area contributed by atoms with Crippen LogP contribution in [0.1, 0.15) is 64.4 Å². The van der Waals surface area contributed by atoms with Crippen LogP contribution in [-0.2, 0) is 14.8 Å². The predicted molar refractivity (Wildman–Crippen MR) is 135 cm³/mol. The molecule has 2 heterocycles. The number of nitrogens with one attached hydrogen (secondary N) is 2. The molecule has 0 radical (unpaired) electrons. The zero-order valence-electron chi connectivity index (χ0n) is 21.1. The Kier molecular flexibility index (Phi) is 9.03. The molecule has 35 heavy (non-hydrogen) atoms. The Labute approximate surface area is 206 Å². The molecular formula is C24H35N5O5S. The minimum Gasteiger partial charge on any atom is -0.493 e.